The highest BCUT2D eigenvalue weighted by Crippen LogP contribution is 2.39. The van der Waals surface area contributed by atoms with Gasteiger partial charge in [-0.3, -0.25) is 9.59 Å². The summed E-state index contributed by atoms with van der Waals surface area (Å²) < 4.78 is 20.4. The number of aliphatic hydroxyl groups is 1. The summed E-state index contributed by atoms with van der Waals surface area (Å²) in [6.07, 6.45) is 3.87. The number of carbonyl (C=O) groups is 3. The average molecular weight is 458 g/mol. The highest BCUT2D eigenvalue weighted by atomic mass is 16.6. The van der Waals surface area contributed by atoms with E-state index >= 15 is 0 Å². The first-order valence-corrected chi connectivity index (χ1v) is 11.7. The number of ether oxygens (including phenoxy) is 4. The summed E-state index contributed by atoms with van der Waals surface area (Å²) in [6.45, 7) is 9.73. The lowest BCUT2D eigenvalue weighted by Gasteiger charge is -2.33. The smallest absolute Gasteiger partial charge is 0.407 e. The van der Waals surface area contributed by atoms with Crippen molar-refractivity contribution in [1.82, 2.24) is 5.32 Å². The molecule has 1 aliphatic heterocycles. The first-order valence-electron chi connectivity index (χ1n) is 11.7. The molecule has 0 unspecified atom stereocenters. The molecular formula is C23H39NO8. The number of esters is 2. The third-order valence-corrected chi connectivity index (χ3v) is 5.76. The van der Waals surface area contributed by atoms with Crippen LogP contribution in [-0.2, 0) is 28.5 Å². The van der Waals surface area contributed by atoms with E-state index in [1.54, 1.807) is 27.7 Å². The molecule has 2 N–H and O–H groups in total. The van der Waals surface area contributed by atoms with Crippen LogP contribution in [0.15, 0.2) is 0 Å². The topological polar surface area (TPSA) is 124 Å². The van der Waals surface area contributed by atoms with Crippen molar-refractivity contribution < 1.29 is 38.4 Å². The summed E-state index contributed by atoms with van der Waals surface area (Å²) in [5.41, 5.74) is -0.593. The molecule has 1 saturated heterocycles. The zero-order valence-corrected chi connectivity index (χ0v) is 19.9. The van der Waals surface area contributed by atoms with Crippen molar-refractivity contribution in [2.45, 2.75) is 103 Å². The van der Waals surface area contributed by atoms with Gasteiger partial charge in [-0.15, -0.1) is 0 Å². The minimum atomic E-state index is -0.659. The van der Waals surface area contributed by atoms with Crippen molar-refractivity contribution in [2.24, 2.45) is 11.8 Å². The molecular weight excluding hydrogens is 418 g/mol. The molecule has 0 bridgehead atoms. The van der Waals surface area contributed by atoms with Gasteiger partial charge in [0.2, 0.25) is 0 Å². The molecule has 9 nitrogen and oxygen atoms in total. The summed E-state index contributed by atoms with van der Waals surface area (Å²) in [5, 5.41) is 12.6. The van der Waals surface area contributed by atoms with Crippen LogP contribution in [-0.4, -0.2) is 66.3 Å². The molecule has 2 aliphatic carbocycles. The number of carbonyl (C=O) groups excluding carboxylic acids is 3. The van der Waals surface area contributed by atoms with Crippen LogP contribution in [0.4, 0.5) is 4.79 Å². The van der Waals surface area contributed by atoms with Gasteiger partial charge in [0.05, 0.1) is 49.4 Å². The molecule has 3 aliphatic rings. The van der Waals surface area contributed by atoms with E-state index in [1.165, 1.54) is 0 Å². The lowest BCUT2D eigenvalue weighted by molar-refractivity contribution is -0.150. The van der Waals surface area contributed by atoms with Crippen LogP contribution in [0.5, 0.6) is 0 Å². The van der Waals surface area contributed by atoms with Gasteiger partial charge in [-0.05, 0) is 73.1 Å². The lowest BCUT2D eigenvalue weighted by Crippen LogP contribution is -2.49. The van der Waals surface area contributed by atoms with Crippen LogP contribution in [0.2, 0.25) is 0 Å². The van der Waals surface area contributed by atoms with E-state index in [4.69, 9.17) is 18.9 Å². The Balaban J connectivity index is 0.000000255. The molecule has 0 aromatic rings. The van der Waals surface area contributed by atoms with Crippen LogP contribution in [0, 0.1) is 11.8 Å². The molecule has 1 amide bonds. The third-order valence-electron chi connectivity index (χ3n) is 5.76. The predicted octanol–water partition coefficient (Wildman–Crippen LogP) is 2.72. The van der Waals surface area contributed by atoms with Crippen LogP contribution in [0.1, 0.15) is 73.1 Å². The molecule has 0 aromatic heterocycles. The molecule has 32 heavy (non-hydrogen) atoms. The van der Waals surface area contributed by atoms with E-state index in [0.717, 1.165) is 19.3 Å². The van der Waals surface area contributed by atoms with Crippen LogP contribution < -0.4 is 5.32 Å². The zero-order chi connectivity index (χ0) is 23.9. The van der Waals surface area contributed by atoms with E-state index in [0.29, 0.717) is 44.7 Å². The molecule has 0 spiro atoms. The highest BCUT2D eigenvalue weighted by molar-refractivity contribution is 5.73. The van der Waals surface area contributed by atoms with Crippen molar-refractivity contribution in [3.8, 4) is 0 Å². The Bertz CT molecular complexity index is 646. The van der Waals surface area contributed by atoms with Crippen molar-refractivity contribution in [3.05, 3.63) is 0 Å². The third kappa shape index (κ3) is 8.58. The van der Waals surface area contributed by atoms with Gasteiger partial charge in [0, 0.05) is 0 Å². The first-order chi connectivity index (χ1) is 15.0. The number of rotatable bonds is 5. The quantitative estimate of drug-likeness (QED) is 0.367. The summed E-state index contributed by atoms with van der Waals surface area (Å²) >= 11 is 0. The highest BCUT2D eigenvalue weighted by Gasteiger charge is 2.46. The summed E-state index contributed by atoms with van der Waals surface area (Å²) in [4.78, 5) is 34.7. The number of aliphatic hydroxyl groups excluding tert-OH is 1. The maximum atomic E-state index is 11.7. The second-order valence-electron chi connectivity index (χ2n) is 9.56. The van der Waals surface area contributed by atoms with Crippen molar-refractivity contribution >= 4 is 18.0 Å². The average Bonchev–Trinajstić information content (AvgIpc) is 3.48. The molecule has 9 heteroatoms. The van der Waals surface area contributed by atoms with E-state index in [9.17, 15) is 19.5 Å². The molecule has 3 fully saturated rings. The molecule has 6 atom stereocenters. The fraction of sp³-hybridized carbons (Fsp3) is 0.870. The monoisotopic (exact) mass is 457 g/mol. The minimum Gasteiger partial charge on any atom is -0.466 e. The Morgan fingerprint density at radius 2 is 1.47 bits per heavy atom. The van der Waals surface area contributed by atoms with Gasteiger partial charge in [0.1, 0.15) is 5.60 Å². The number of fused-ring (bicyclic) bond motifs is 1. The SMILES string of the molecule is CCOC(=O)[C@H]1CC[C@@H](O)[C@H](NC(=O)OC(C)(C)C)C1.CCOC(=O)[C@H]1CC[C@@H]2O[C@H]2C1. The fourth-order valence-electron chi connectivity index (χ4n) is 4.12. The van der Waals surface area contributed by atoms with Gasteiger partial charge in [-0.1, -0.05) is 0 Å². The number of hydrogen-bond acceptors (Lipinski definition) is 8. The Morgan fingerprint density at radius 3 is 2.00 bits per heavy atom. The van der Waals surface area contributed by atoms with Crippen molar-refractivity contribution in [1.29, 1.82) is 0 Å². The maximum absolute atomic E-state index is 11.7. The zero-order valence-electron chi connectivity index (χ0n) is 19.9. The van der Waals surface area contributed by atoms with Gasteiger partial charge in [0.15, 0.2) is 0 Å². The van der Waals surface area contributed by atoms with Gasteiger partial charge >= 0.3 is 18.0 Å². The summed E-state index contributed by atoms with van der Waals surface area (Å²) in [7, 11) is 0. The van der Waals surface area contributed by atoms with Crippen LogP contribution in [0.25, 0.3) is 0 Å². The standard InChI is InChI=1S/C14H25NO5.C9H14O3/c1-5-19-12(17)9-6-7-11(16)10(8-9)15-13(18)20-14(2,3)4;1-2-11-9(10)6-3-4-7-8(5-6)12-7/h9-11,16H,5-8H2,1-4H3,(H,15,18);6-8H,2-5H2,1H3/t9-,10+,11+;6-,7-,8-/m00/s1. The summed E-state index contributed by atoms with van der Waals surface area (Å²) in [6, 6.07) is -0.479. The lowest BCUT2D eigenvalue weighted by atomic mass is 9.84. The Morgan fingerprint density at radius 1 is 0.906 bits per heavy atom. The molecule has 3 rings (SSSR count). The van der Waals surface area contributed by atoms with Crippen LogP contribution >= 0.6 is 0 Å². The van der Waals surface area contributed by atoms with Gasteiger partial charge < -0.3 is 29.4 Å². The number of nitrogens with one attached hydrogen (secondary N) is 1. The molecule has 0 radical (unpaired) electrons. The number of alkyl carbamates (subject to hydrolysis) is 1. The Hall–Kier alpha value is -1.87. The molecule has 184 valence electrons. The second-order valence-corrected chi connectivity index (χ2v) is 9.56. The Kier molecular flexibility index (Phi) is 9.76. The molecule has 2 saturated carbocycles. The van der Waals surface area contributed by atoms with Gasteiger partial charge in [-0.25, -0.2) is 4.79 Å². The van der Waals surface area contributed by atoms with Crippen LogP contribution in [0.3, 0.4) is 0 Å². The minimum absolute atomic E-state index is 0.0357. The normalized spacial score (nSPS) is 31.2. The number of hydrogen-bond donors (Lipinski definition) is 2. The Labute approximate surface area is 190 Å². The first kappa shape index (κ1) is 26.4. The number of amides is 1. The number of epoxide rings is 1. The largest absolute Gasteiger partial charge is 0.466 e. The van der Waals surface area contributed by atoms with E-state index < -0.39 is 23.8 Å². The predicted molar refractivity (Wildman–Crippen MR) is 116 cm³/mol. The van der Waals surface area contributed by atoms with Crippen molar-refractivity contribution in [2.75, 3.05) is 13.2 Å². The fourth-order valence-corrected chi connectivity index (χ4v) is 4.12. The molecule has 1 heterocycles. The maximum Gasteiger partial charge on any atom is 0.407 e. The summed E-state index contributed by atoms with van der Waals surface area (Å²) in [5.74, 6) is -0.478. The van der Waals surface area contributed by atoms with E-state index in [-0.39, 0.29) is 23.8 Å². The van der Waals surface area contributed by atoms with E-state index in [1.807, 2.05) is 6.92 Å². The van der Waals surface area contributed by atoms with Gasteiger partial charge in [0.25, 0.3) is 0 Å². The second kappa shape index (κ2) is 11.8. The molecule has 0 aromatic carbocycles. The van der Waals surface area contributed by atoms with E-state index in [2.05, 4.69) is 5.32 Å². The van der Waals surface area contributed by atoms with Crippen molar-refractivity contribution in [3.63, 3.8) is 0 Å². The van der Waals surface area contributed by atoms with Gasteiger partial charge in [-0.2, -0.15) is 0 Å².